The third kappa shape index (κ3) is 2.62. The molecule has 96 valence electrons. The highest BCUT2D eigenvalue weighted by Gasteiger charge is 2.05. The highest BCUT2D eigenvalue weighted by molar-refractivity contribution is 5.70. The number of imidazole rings is 1. The van der Waals surface area contributed by atoms with E-state index < -0.39 is 0 Å². The molecule has 0 bridgehead atoms. The highest BCUT2D eigenvalue weighted by atomic mass is 16.5. The number of hydrogen-bond donors (Lipinski definition) is 2. The zero-order valence-corrected chi connectivity index (χ0v) is 10.2. The minimum Gasteiger partial charge on any atom is -0.493 e. The van der Waals surface area contributed by atoms with Gasteiger partial charge in [-0.25, -0.2) is 9.97 Å². The van der Waals surface area contributed by atoms with Crippen LogP contribution < -0.4 is 10.5 Å². The number of para-hydroxylation sites is 1. The molecule has 0 radical (unpaired) electrons. The van der Waals surface area contributed by atoms with Gasteiger partial charge in [-0.05, 0) is 12.1 Å². The summed E-state index contributed by atoms with van der Waals surface area (Å²) in [4.78, 5) is 15.4. The lowest BCUT2D eigenvalue weighted by Gasteiger charge is -2.03. The quantitative estimate of drug-likeness (QED) is 0.738. The fraction of sp³-hybridized carbons (Fsp3) is 0.154. The van der Waals surface area contributed by atoms with E-state index >= 15 is 0 Å². The first kappa shape index (κ1) is 11.5. The van der Waals surface area contributed by atoms with Crippen molar-refractivity contribution in [1.82, 2.24) is 19.9 Å². The molecule has 0 saturated carbocycles. The molecule has 0 aliphatic heterocycles. The van der Waals surface area contributed by atoms with E-state index in [0.29, 0.717) is 18.7 Å². The van der Waals surface area contributed by atoms with E-state index in [1.807, 2.05) is 30.3 Å². The number of anilines is 1. The number of aromatic amines is 1. The van der Waals surface area contributed by atoms with Crippen molar-refractivity contribution in [2.75, 3.05) is 12.3 Å². The van der Waals surface area contributed by atoms with Crippen LogP contribution in [0.15, 0.2) is 36.5 Å². The Bertz CT molecular complexity index is 680. The summed E-state index contributed by atoms with van der Waals surface area (Å²) in [6, 6.07) is 9.68. The molecule has 3 rings (SSSR count). The number of ether oxygens (including phenoxy) is 1. The van der Waals surface area contributed by atoms with Crippen LogP contribution >= 0.6 is 0 Å². The Labute approximate surface area is 109 Å². The Kier molecular flexibility index (Phi) is 2.97. The Hall–Kier alpha value is -2.63. The molecule has 6 nitrogen and oxygen atoms in total. The largest absolute Gasteiger partial charge is 0.493 e. The van der Waals surface area contributed by atoms with E-state index in [-0.39, 0.29) is 5.95 Å². The fourth-order valence-corrected chi connectivity index (χ4v) is 1.77. The lowest BCUT2D eigenvalue weighted by Crippen LogP contribution is -2.02. The number of aromatic nitrogens is 4. The lowest BCUT2D eigenvalue weighted by molar-refractivity contribution is 0.319. The summed E-state index contributed by atoms with van der Waals surface area (Å²) in [5.74, 6) is 1.89. The third-order valence-electron chi connectivity index (χ3n) is 2.66. The van der Waals surface area contributed by atoms with Gasteiger partial charge in [0.25, 0.3) is 0 Å². The SMILES string of the molecule is Nc1ncc2[nH]c(CCOc3ccccc3)nc2n1. The normalized spacial score (nSPS) is 10.7. The summed E-state index contributed by atoms with van der Waals surface area (Å²) < 4.78 is 5.61. The molecule has 0 aliphatic carbocycles. The van der Waals surface area contributed by atoms with Crippen LogP contribution in [0.2, 0.25) is 0 Å². The second kappa shape index (κ2) is 4.93. The molecule has 3 N–H and O–H groups in total. The average Bonchev–Trinajstić information content (AvgIpc) is 2.82. The maximum absolute atomic E-state index is 5.61. The van der Waals surface area contributed by atoms with Crippen molar-refractivity contribution in [2.45, 2.75) is 6.42 Å². The Morgan fingerprint density at radius 1 is 1.16 bits per heavy atom. The van der Waals surface area contributed by atoms with Crippen LogP contribution in [0.1, 0.15) is 5.82 Å². The van der Waals surface area contributed by atoms with Gasteiger partial charge >= 0.3 is 0 Å². The van der Waals surface area contributed by atoms with Gasteiger partial charge < -0.3 is 15.5 Å². The average molecular weight is 255 g/mol. The van der Waals surface area contributed by atoms with Gasteiger partial charge in [-0.2, -0.15) is 4.98 Å². The first-order chi connectivity index (χ1) is 9.31. The second-order valence-corrected chi connectivity index (χ2v) is 4.06. The van der Waals surface area contributed by atoms with Crippen molar-refractivity contribution in [3.63, 3.8) is 0 Å². The van der Waals surface area contributed by atoms with Gasteiger partial charge in [0, 0.05) is 6.42 Å². The van der Waals surface area contributed by atoms with Gasteiger partial charge in [-0.15, -0.1) is 0 Å². The Balaban J connectivity index is 1.65. The first-order valence-electron chi connectivity index (χ1n) is 5.96. The monoisotopic (exact) mass is 255 g/mol. The molecule has 19 heavy (non-hydrogen) atoms. The van der Waals surface area contributed by atoms with Crippen molar-refractivity contribution >= 4 is 17.1 Å². The minimum atomic E-state index is 0.228. The van der Waals surface area contributed by atoms with Gasteiger partial charge in [0.2, 0.25) is 5.95 Å². The second-order valence-electron chi connectivity index (χ2n) is 4.06. The molecule has 1 aromatic carbocycles. The number of benzene rings is 1. The first-order valence-corrected chi connectivity index (χ1v) is 5.96. The van der Waals surface area contributed by atoms with Gasteiger partial charge in [0.05, 0.1) is 12.8 Å². The number of H-pyrrole nitrogens is 1. The van der Waals surface area contributed by atoms with Crippen molar-refractivity contribution in [1.29, 1.82) is 0 Å². The van der Waals surface area contributed by atoms with E-state index in [2.05, 4.69) is 19.9 Å². The number of fused-ring (bicyclic) bond motifs is 1. The maximum atomic E-state index is 5.61. The van der Waals surface area contributed by atoms with E-state index in [0.717, 1.165) is 17.1 Å². The number of rotatable bonds is 4. The number of hydrogen-bond acceptors (Lipinski definition) is 5. The third-order valence-corrected chi connectivity index (χ3v) is 2.66. The van der Waals surface area contributed by atoms with Crippen molar-refractivity contribution in [3.05, 3.63) is 42.4 Å². The minimum absolute atomic E-state index is 0.228. The van der Waals surface area contributed by atoms with Crippen LogP contribution in [-0.2, 0) is 6.42 Å². The molecule has 0 amide bonds. The standard InChI is InChI=1S/C13H13N5O/c14-13-15-8-10-12(18-13)17-11(16-10)6-7-19-9-4-2-1-3-5-9/h1-5,8H,6-7H2,(H3,14,15,16,17,18). The van der Waals surface area contributed by atoms with Gasteiger partial charge in [-0.3, -0.25) is 0 Å². The molecule has 0 aliphatic rings. The number of nitrogen functional groups attached to an aromatic ring is 1. The molecular formula is C13H13N5O. The van der Waals surface area contributed by atoms with Crippen molar-refractivity contribution < 1.29 is 4.74 Å². The summed E-state index contributed by atoms with van der Waals surface area (Å²) >= 11 is 0. The molecule has 0 spiro atoms. The number of nitrogens with two attached hydrogens (primary N) is 1. The Morgan fingerprint density at radius 2 is 2.00 bits per heavy atom. The van der Waals surface area contributed by atoms with Crippen molar-refractivity contribution in [2.24, 2.45) is 0 Å². The number of nitrogens with zero attached hydrogens (tertiary/aromatic N) is 3. The molecule has 2 aromatic heterocycles. The summed E-state index contributed by atoms with van der Waals surface area (Å²) in [5, 5.41) is 0. The maximum Gasteiger partial charge on any atom is 0.222 e. The predicted molar refractivity (Wildman–Crippen MR) is 71.7 cm³/mol. The van der Waals surface area contributed by atoms with E-state index in [4.69, 9.17) is 10.5 Å². The fourth-order valence-electron chi connectivity index (χ4n) is 1.77. The number of nitrogens with one attached hydrogen (secondary N) is 1. The van der Waals surface area contributed by atoms with Crippen LogP contribution in [0.25, 0.3) is 11.2 Å². The van der Waals surface area contributed by atoms with Crippen LogP contribution in [0.4, 0.5) is 5.95 Å². The molecule has 2 heterocycles. The highest BCUT2D eigenvalue weighted by Crippen LogP contribution is 2.11. The van der Waals surface area contributed by atoms with Gasteiger partial charge in [0.1, 0.15) is 17.1 Å². The molecule has 0 fully saturated rings. The van der Waals surface area contributed by atoms with E-state index in [9.17, 15) is 0 Å². The molecule has 6 heteroatoms. The molecule has 0 unspecified atom stereocenters. The van der Waals surface area contributed by atoms with Crippen LogP contribution in [0.5, 0.6) is 5.75 Å². The smallest absolute Gasteiger partial charge is 0.222 e. The van der Waals surface area contributed by atoms with E-state index in [1.165, 1.54) is 0 Å². The van der Waals surface area contributed by atoms with Gasteiger partial charge in [0.15, 0.2) is 5.65 Å². The topological polar surface area (TPSA) is 89.7 Å². The van der Waals surface area contributed by atoms with Crippen LogP contribution in [0, 0.1) is 0 Å². The summed E-state index contributed by atoms with van der Waals surface area (Å²) in [5.41, 5.74) is 6.88. The molecular weight excluding hydrogens is 242 g/mol. The Morgan fingerprint density at radius 3 is 2.84 bits per heavy atom. The van der Waals surface area contributed by atoms with Crippen molar-refractivity contribution in [3.8, 4) is 5.75 Å². The van der Waals surface area contributed by atoms with Gasteiger partial charge in [-0.1, -0.05) is 18.2 Å². The summed E-state index contributed by atoms with van der Waals surface area (Å²) in [7, 11) is 0. The summed E-state index contributed by atoms with van der Waals surface area (Å²) in [6.07, 6.45) is 2.30. The van der Waals surface area contributed by atoms with Crippen LogP contribution in [-0.4, -0.2) is 26.5 Å². The predicted octanol–water partition coefficient (Wildman–Crippen LogP) is 1.56. The molecule has 0 saturated heterocycles. The molecule has 0 atom stereocenters. The zero-order valence-electron chi connectivity index (χ0n) is 10.2. The van der Waals surface area contributed by atoms with E-state index in [1.54, 1.807) is 6.20 Å². The lowest BCUT2D eigenvalue weighted by atomic mass is 10.3. The summed E-state index contributed by atoms with van der Waals surface area (Å²) in [6.45, 7) is 0.548. The molecule has 3 aromatic rings. The van der Waals surface area contributed by atoms with Crippen LogP contribution in [0.3, 0.4) is 0 Å². The zero-order chi connectivity index (χ0) is 13.1.